The summed E-state index contributed by atoms with van der Waals surface area (Å²) < 4.78 is 0. The van der Waals surface area contributed by atoms with Gasteiger partial charge in [0.2, 0.25) is 5.91 Å². The van der Waals surface area contributed by atoms with Gasteiger partial charge in [0.05, 0.1) is 27.2 Å². The normalized spacial score (nSPS) is 13.4. The van der Waals surface area contributed by atoms with Crippen LogP contribution in [-0.4, -0.2) is 26.0 Å². The summed E-state index contributed by atoms with van der Waals surface area (Å²) in [7, 11) is 0. The van der Waals surface area contributed by atoms with Gasteiger partial charge in [0.1, 0.15) is 5.82 Å². The van der Waals surface area contributed by atoms with E-state index >= 15 is 0 Å². The van der Waals surface area contributed by atoms with Crippen molar-refractivity contribution in [2.75, 3.05) is 0 Å². The van der Waals surface area contributed by atoms with Crippen LogP contribution in [0.2, 0.25) is 0 Å². The van der Waals surface area contributed by atoms with Crippen molar-refractivity contribution in [3.63, 3.8) is 0 Å². The molecule has 0 bridgehead atoms. The molecule has 146 valence electrons. The molecule has 3 rings (SSSR count). The van der Waals surface area contributed by atoms with Crippen LogP contribution in [0.1, 0.15) is 32.6 Å². The van der Waals surface area contributed by atoms with E-state index in [1.165, 1.54) is 23.9 Å². The molecule has 28 heavy (non-hydrogen) atoms. The average molecular weight is 398 g/mol. The van der Waals surface area contributed by atoms with Crippen LogP contribution in [0.5, 0.6) is 0 Å². The van der Waals surface area contributed by atoms with Gasteiger partial charge in [-0.3, -0.25) is 14.9 Å². The summed E-state index contributed by atoms with van der Waals surface area (Å²) in [5.74, 6) is 0.778. The van der Waals surface area contributed by atoms with Gasteiger partial charge in [0, 0.05) is 17.0 Å². The molecule has 0 saturated carbocycles. The lowest BCUT2D eigenvalue weighted by molar-refractivity contribution is -0.384. The van der Waals surface area contributed by atoms with Crippen LogP contribution >= 0.6 is 11.8 Å². The van der Waals surface area contributed by atoms with Gasteiger partial charge in [0.25, 0.3) is 5.69 Å². The summed E-state index contributed by atoms with van der Waals surface area (Å²) in [6.07, 6.45) is 0. The number of thioether (sulfide) groups is 1. The van der Waals surface area contributed by atoms with E-state index in [1.54, 1.807) is 12.1 Å². The number of aromatic nitrogens is 2. The second kappa shape index (κ2) is 8.43. The van der Waals surface area contributed by atoms with Gasteiger partial charge in [-0.15, -0.1) is 11.8 Å². The third kappa shape index (κ3) is 4.51. The number of H-pyrrole nitrogens is 1. The van der Waals surface area contributed by atoms with Gasteiger partial charge in [0.15, 0.2) is 0 Å². The number of non-ortho nitro benzene ring substituents is 1. The third-order valence-corrected chi connectivity index (χ3v) is 5.51. The number of aromatic amines is 1. The second-order valence-electron chi connectivity index (χ2n) is 6.88. The van der Waals surface area contributed by atoms with Crippen LogP contribution < -0.4 is 5.32 Å². The molecule has 2 N–H and O–H groups in total. The number of imidazole rings is 1. The van der Waals surface area contributed by atoms with Crippen LogP contribution in [0.4, 0.5) is 5.69 Å². The highest BCUT2D eigenvalue weighted by Gasteiger charge is 2.24. The number of nitro benzene ring substituents is 1. The first-order valence-electron chi connectivity index (χ1n) is 9.01. The number of fused-ring (bicyclic) bond motifs is 1. The Morgan fingerprint density at radius 3 is 2.43 bits per heavy atom. The van der Waals surface area contributed by atoms with Crippen molar-refractivity contribution in [3.8, 4) is 0 Å². The molecule has 0 aliphatic rings. The minimum atomic E-state index is -0.439. The number of nitro groups is 1. The molecule has 3 aromatic rings. The highest BCUT2D eigenvalue weighted by atomic mass is 32.2. The Morgan fingerprint density at radius 1 is 1.14 bits per heavy atom. The standard InChI is InChI=1S/C20H22N4O3S/c1-12(2)18(19-21-16-6-4-5-7-17(16)22-19)23-20(25)13(3)28-15-10-8-14(9-11-15)24(26)27/h4-13,18H,1-3H3,(H,21,22)(H,23,25). The van der Waals surface area contributed by atoms with Gasteiger partial charge in [-0.2, -0.15) is 0 Å². The molecule has 1 amide bonds. The SMILES string of the molecule is CC(Sc1ccc([N+](=O)[O-])cc1)C(=O)NC(c1nc2ccccc2[nH]1)C(C)C. The molecule has 1 aromatic heterocycles. The predicted molar refractivity (Wildman–Crippen MR) is 110 cm³/mol. The lowest BCUT2D eigenvalue weighted by Crippen LogP contribution is -2.37. The van der Waals surface area contributed by atoms with E-state index < -0.39 is 4.92 Å². The van der Waals surface area contributed by atoms with Crippen LogP contribution in [0, 0.1) is 16.0 Å². The first kappa shape index (κ1) is 19.9. The van der Waals surface area contributed by atoms with Crippen molar-refractivity contribution in [2.45, 2.75) is 37.0 Å². The Hall–Kier alpha value is -2.87. The number of rotatable bonds is 7. The number of hydrogen-bond acceptors (Lipinski definition) is 5. The first-order chi connectivity index (χ1) is 13.3. The maximum absolute atomic E-state index is 12.7. The Bertz CT molecular complexity index is 952. The number of carbonyl (C=O) groups excluding carboxylic acids is 1. The summed E-state index contributed by atoms with van der Waals surface area (Å²) >= 11 is 1.36. The summed E-state index contributed by atoms with van der Waals surface area (Å²) in [5, 5.41) is 13.5. The number of hydrogen-bond donors (Lipinski definition) is 2. The summed E-state index contributed by atoms with van der Waals surface area (Å²) in [6, 6.07) is 13.7. The molecule has 2 unspecified atom stereocenters. The lowest BCUT2D eigenvalue weighted by atomic mass is 10.0. The molecular weight excluding hydrogens is 376 g/mol. The minimum absolute atomic E-state index is 0.0335. The fourth-order valence-corrected chi connectivity index (χ4v) is 3.72. The zero-order valence-corrected chi connectivity index (χ0v) is 16.7. The third-order valence-electron chi connectivity index (χ3n) is 4.40. The van der Waals surface area contributed by atoms with Crippen molar-refractivity contribution in [1.82, 2.24) is 15.3 Å². The fourth-order valence-electron chi connectivity index (χ4n) is 2.85. The Labute approximate surface area is 167 Å². The number of benzene rings is 2. The molecular formula is C20H22N4O3S. The molecule has 1 heterocycles. The number of carbonyl (C=O) groups is 1. The van der Waals surface area contributed by atoms with Crippen LogP contribution in [-0.2, 0) is 4.79 Å². The average Bonchev–Trinajstić information content (AvgIpc) is 3.09. The lowest BCUT2D eigenvalue weighted by Gasteiger charge is -2.22. The van der Waals surface area contributed by atoms with Crippen LogP contribution in [0.25, 0.3) is 11.0 Å². The van der Waals surface area contributed by atoms with E-state index in [2.05, 4.69) is 15.3 Å². The Morgan fingerprint density at radius 2 is 1.82 bits per heavy atom. The van der Waals surface area contributed by atoms with E-state index in [0.717, 1.165) is 21.8 Å². The van der Waals surface area contributed by atoms with Gasteiger partial charge in [-0.1, -0.05) is 26.0 Å². The topological polar surface area (TPSA) is 101 Å². The van der Waals surface area contributed by atoms with Crippen LogP contribution in [0.15, 0.2) is 53.4 Å². The van der Waals surface area contributed by atoms with Crippen molar-refractivity contribution in [2.24, 2.45) is 5.92 Å². The first-order valence-corrected chi connectivity index (χ1v) is 9.89. The van der Waals surface area contributed by atoms with E-state index in [9.17, 15) is 14.9 Å². The summed E-state index contributed by atoms with van der Waals surface area (Å²) in [5.41, 5.74) is 1.84. The summed E-state index contributed by atoms with van der Waals surface area (Å²) in [6.45, 7) is 5.88. The molecule has 8 heteroatoms. The molecule has 0 fully saturated rings. The Kier molecular flexibility index (Phi) is 5.99. The minimum Gasteiger partial charge on any atom is -0.345 e. The smallest absolute Gasteiger partial charge is 0.269 e. The van der Waals surface area contributed by atoms with Crippen molar-refractivity contribution < 1.29 is 9.72 Å². The van der Waals surface area contributed by atoms with E-state index in [-0.39, 0.29) is 28.8 Å². The molecule has 2 atom stereocenters. The van der Waals surface area contributed by atoms with Gasteiger partial charge in [-0.05, 0) is 37.1 Å². The maximum Gasteiger partial charge on any atom is 0.269 e. The number of para-hydroxylation sites is 2. The summed E-state index contributed by atoms with van der Waals surface area (Å²) in [4.78, 5) is 31.8. The van der Waals surface area contributed by atoms with Gasteiger partial charge < -0.3 is 10.3 Å². The predicted octanol–water partition coefficient (Wildman–Crippen LogP) is 4.47. The van der Waals surface area contributed by atoms with E-state index in [4.69, 9.17) is 0 Å². The maximum atomic E-state index is 12.7. The highest BCUT2D eigenvalue weighted by molar-refractivity contribution is 8.00. The molecule has 0 aliphatic carbocycles. The van der Waals surface area contributed by atoms with Gasteiger partial charge in [-0.25, -0.2) is 4.98 Å². The zero-order valence-electron chi connectivity index (χ0n) is 15.9. The van der Waals surface area contributed by atoms with Crippen LogP contribution in [0.3, 0.4) is 0 Å². The largest absolute Gasteiger partial charge is 0.345 e. The van der Waals surface area contributed by atoms with E-state index in [1.807, 2.05) is 45.0 Å². The molecule has 0 spiro atoms. The number of nitrogens with one attached hydrogen (secondary N) is 2. The molecule has 0 aliphatic heterocycles. The van der Waals surface area contributed by atoms with Crippen molar-refractivity contribution in [1.29, 1.82) is 0 Å². The molecule has 0 saturated heterocycles. The van der Waals surface area contributed by atoms with E-state index in [0.29, 0.717) is 0 Å². The fraction of sp³-hybridized carbons (Fsp3) is 0.300. The molecule has 0 radical (unpaired) electrons. The zero-order chi connectivity index (χ0) is 20.3. The van der Waals surface area contributed by atoms with Crippen molar-refractivity contribution in [3.05, 3.63) is 64.5 Å². The monoisotopic (exact) mass is 398 g/mol. The Balaban J connectivity index is 1.70. The quantitative estimate of drug-likeness (QED) is 0.347. The van der Waals surface area contributed by atoms with Gasteiger partial charge >= 0.3 is 0 Å². The van der Waals surface area contributed by atoms with Crippen molar-refractivity contribution >= 4 is 34.4 Å². The number of nitrogens with zero attached hydrogens (tertiary/aromatic N) is 2. The molecule has 2 aromatic carbocycles. The highest BCUT2D eigenvalue weighted by Crippen LogP contribution is 2.27. The number of amides is 1. The second-order valence-corrected chi connectivity index (χ2v) is 8.29. The molecule has 7 nitrogen and oxygen atoms in total.